The smallest absolute Gasteiger partial charge is 0.138 e. The summed E-state index contributed by atoms with van der Waals surface area (Å²) < 4.78 is 2.34. The molecule has 0 bridgehead atoms. The lowest BCUT2D eigenvalue weighted by atomic mass is 9.88. The van der Waals surface area contributed by atoms with Crippen LogP contribution in [0, 0.1) is 0 Å². The Morgan fingerprint density at radius 2 is 1.05 bits per heavy atom. The van der Waals surface area contributed by atoms with E-state index in [1.165, 1.54) is 50.0 Å². The summed E-state index contributed by atoms with van der Waals surface area (Å²) in [5.74, 6) is 0.863. The number of nitrogens with zero attached hydrogens (tertiary/aromatic N) is 5. The summed E-state index contributed by atoms with van der Waals surface area (Å²) in [6, 6.07) is 76.5. The first-order chi connectivity index (χ1) is 30.9. The van der Waals surface area contributed by atoms with E-state index < -0.39 is 0 Å². The van der Waals surface area contributed by atoms with Crippen molar-refractivity contribution in [3.63, 3.8) is 0 Å². The highest BCUT2D eigenvalue weighted by atomic mass is 15.4. The van der Waals surface area contributed by atoms with Gasteiger partial charge in [-0.2, -0.15) is 0 Å². The van der Waals surface area contributed by atoms with E-state index in [-0.39, 0.29) is 5.54 Å². The third-order valence-electron chi connectivity index (χ3n) is 12.4. The minimum Gasteiger partial charge on any atom is -0.347 e. The van der Waals surface area contributed by atoms with Crippen molar-refractivity contribution in [2.24, 2.45) is 0 Å². The second-order valence-electron chi connectivity index (χ2n) is 17.3. The lowest BCUT2D eigenvalue weighted by Crippen LogP contribution is -2.42. The van der Waals surface area contributed by atoms with Gasteiger partial charge in [0.1, 0.15) is 5.82 Å². The van der Waals surface area contributed by atoms with Crippen LogP contribution in [0.3, 0.4) is 0 Å². The molecule has 0 N–H and O–H groups in total. The van der Waals surface area contributed by atoms with E-state index in [2.05, 4.69) is 252 Å². The van der Waals surface area contributed by atoms with E-state index in [0.29, 0.717) is 0 Å². The van der Waals surface area contributed by atoms with Gasteiger partial charge in [0.05, 0.1) is 29.1 Å². The Labute approximate surface area is 369 Å². The summed E-state index contributed by atoms with van der Waals surface area (Å²) in [7, 11) is 0. The topological polar surface area (TPSA) is 27.5 Å². The predicted molar refractivity (Wildman–Crippen MR) is 265 cm³/mol. The molecule has 3 heterocycles. The van der Waals surface area contributed by atoms with Crippen LogP contribution in [0.5, 0.6) is 0 Å². The molecule has 10 aromatic rings. The van der Waals surface area contributed by atoms with Crippen LogP contribution in [0.25, 0.3) is 61.0 Å². The first-order valence-corrected chi connectivity index (χ1v) is 21.7. The third kappa shape index (κ3) is 6.79. The molecule has 0 unspecified atom stereocenters. The van der Waals surface area contributed by atoms with E-state index in [1.807, 2.05) is 6.20 Å². The zero-order valence-corrected chi connectivity index (χ0v) is 35.7. The maximum atomic E-state index is 5.14. The average molecular weight is 814 g/mol. The lowest BCUT2D eigenvalue weighted by molar-refractivity contribution is 0.518. The van der Waals surface area contributed by atoms with Gasteiger partial charge in [-0.3, -0.25) is 4.57 Å². The van der Waals surface area contributed by atoms with E-state index in [4.69, 9.17) is 4.98 Å². The predicted octanol–water partition coefficient (Wildman–Crippen LogP) is 15.4. The van der Waals surface area contributed by atoms with Gasteiger partial charge >= 0.3 is 0 Å². The summed E-state index contributed by atoms with van der Waals surface area (Å²) >= 11 is 0. The molecular weight excluding hydrogens is 767 g/mol. The minimum absolute atomic E-state index is 0.0315. The van der Waals surface area contributed by atoms with E-state index >= 15 is 0 Å². The third-order valence-corrected chi connectivity index (χ3v) is 12.4. The van der Waals surface area contributed by atoms with Gasteiger partial charge < -0.3 is 14.7 Å². The molecule has 1 aliphatic rings. The van der Waals surface area contributed by atoms with Crippen molar-refractivity contribution < 1.29 is 0 Å². The highest BCUT2D eigenvalue weighted by molar-refractivity contribution is 6.10. The van der Waals surface area contributed by atoms with Crippen molar-refractivity contribution in [3.05, 3.63) is 219 Å². The van der Waals surface area contributed by atoms with Gasteiger partial charge in [0, 0.05) is 45.3 Å². The molecule has 304 valence electrons. The maximum absolute atomic E-state index is 5.14. The van der Waals surface area contributed by atoms with Crippen molar-refractivity contribution in [3.8, 4) is 39.2 Å². The van der Waals surface area contributed by atoms with E-state index in [0.717, 1.165) is 51.8 Å². The van der Waals surface area contributed by atoms with Crippen LogP contribution in [0.1, 0.15) is 20.8 Å². The molecule has 1 aliphatic heterocycles. The Morgan fingerprint density at radius 1 is 0.460 bits per heavy atom. The van der Waals surface area contributed by atoms with Gasteiger partial charge in [0.15, 0.2) is 0 Å². The molecule has 0 saturated carbocycles. The van der Waals surface area contributed by atoms with Crippen molar-refractivity contribution in [2.45, 2.75) is 26.3 Å². The highest BCUT2D eigenvalue weighted by Crippen LogP contribution is 2.46. The van der Waals surface area contributed by atoms with E-state index in [9.17, 15) is 0 Å². The second kappa shape index (κ2) is 15.5. The minimum atomic E-state index is -0.0315. The Kier molecular flexibility index (Phi) is 9.39. The molecule has 0 radical (unpaired) electrons. The molecule has 0 saturated heterocycles. The van der Waals surface area contributed by atoms with Crippen molar-refractivity contribution in [1.29, 1.82) is 0 Å². The zero-order valence-electron chi connectivity index (χ0n) is 35.7. The summed E-state index contributed by atoms with van der Waals surface area (Å²) in [5, 5.41) is 2.36. The normalized spacial score (nSPS) is 12.6. The summed E-state index contributed by atoms with van der Waals surface area (Å²) in [4.78, 5) is 12.4. The fraction of sp³-hybridized carbons (Fsp3) is 0.0862. The Bertz CT molecular complexity index is 3200. The van der Waals surface area contributed by atoms with Gasteiger partial charge in [-0.15, -0.1) is 0 Å². The van der Waals surface area contributed by atoms with Crippen LogP contribution < -0.4 is 14.7 Å². The molecule has 11 rings (SSSR count). The van der Waals surface area contributed by atoms with Crippen LogP contribution in [0.15, 0.2) is 219 Å². The van der Waals surface area contributed by atoms with Crippen LogP contribution in [-0.4, -0.2) is 21.8 Å². The van der Waals surface area contributed by atoms with Crippen molar-refractivity contribution in [2.75, 3.05) is 21.4 Å². The van der Waals surface area contributed by atoms with Crippen LogP contribution in [0.4, 0.5) is 34.1 Å². The standard InChI is InChI=1S/C58H47N5/c1-58(2,3)61-40-60(53-31-15-16-32-54(53)61)45-25-17-26-46(38-45)62(44-23-11-6-12-24-44)47-33-34-51-50-27-13-14-30-52(50)63(55(51)39-47)56-37-43(35-36-59-56)57-48(41-19-7-4-8-20-41)28-18-29-49(57)42-21-9-5-10-22-42/h4-39H,40H2,1-3H3. The molecule has 5 heteroatoms. The lowest BCUT2D eigenvalue weighted by Gasteiger charge is -2.34. The number of aromatic nitrogens is 2. The molecule has 0 atom stereocenters. The SMILES string of the molecule is CC(C)(C)N1CN(c2cccc(N(c3ccccc3)c3ccc4c5ccccc5n(-c5cc(-c6c(-c7ccccc7)cccc6-c6ccccc6)ccn5)c4c3)c2)c2ccccc21. The van der Waals surface area contributed by atoms with Gasteiger partial charge in [-0.25, -0.2) is 4.98 Å². The molecule has 0 amide bonds. The summed E-state index contributed by atoms with van der Waals surface area (Å²) in [5.41, 5.74) is 16.0. The number of hydrogen-bond acceptors (Lipinski definition) is 4. The number of para-hydroxylation sites is 4. The van der Waals surface area contributed by atoms with Crippen LogP contribution >= 0.6 is 0 Å². The monoisotopic (exact) mass is 813 g/mol. The van der Waals surface area contributed by atoms with Gasteiger partial charge in [-0.05, 0) is 127 Å². The Hall–Kier alpha value is -7.89. The molecule has 2 aromatic heterocycles. The average Bonchev–Trinajstić information content (AvgIpc) is 3.89. The Balaban J connectivity index is 1.08. The second-order valence-corrected chi connectivity index (χ2v) is 17.3. The number of rotatable bonds is 8. The summed E-state index contributed by atoms with van der Waals surface area (Å²) in [6.07, 6.45) is 1.96. The maximum Gasteiger partial charge on any atom is 0.138 e. The Morgan fingerprint density at radius 3 is 1.76 bits per heavy atom. The largest absolute Gasteiger partial charge is 0.347 e. The highest BCUT2D eigenvalue weighted by Gasteiger charge is 2.33. The molecule has 0 spiro atoms. The number of hydrogen-bond donors (Lipinski definition) is 0. The van der Waals surface area contributed by atoms with Crippen molar-refractivity contribution in [1.82, 2.24) is 9.55 Å². The number of anilines is 6. The number of benzene rings is 8. The van der Waals surface area contributed by atoms with Gasteiger partial charge in [0.25, 0.3) is 0 Å². The van der Waals surface area contributed by atoms with Crippen molar-refractivity contribution >= 4 is 55.9 Å². The van der Waals surface area contributed by atoms with E-state index in [1.54, 1.807) is 0 Å². The first kappa shape index (κ1) is 38.1. The van der Waals surface area contributed by atoms with Crippen LogP contribution in [0.2, 0.25) is 0 Å². The molecule has 63 heavy (non-hydrogen) atoms. The molecule has 8 aromatic carbocycles. The van der Waals surface area contributed by atoms with Crippen LogP contribution in [-0.2, 0) is 0 Å². The number of pyridine rings is 1. The fourth-order valence-electron chi connectivity index (χ4n) is 9.45. The molecular formula is C58H47N5. The quantitative estimate of drug-likeness (QED) is 0.153. The fourth-order valence-corrected chi connectivity index (χ4v) is 9.45. The molecule has 0 fully saturated rings. The summed E-state index contributed by atoms with van der Waals surface area (Å²) in [6.45, 7) is 7.63. The first-order valence-electron chi connectivity index (χ1n) is 21.7. The van der Waals surface area contributed by atoms with Gasteiger partial charge in [-0.1, -0.05) is 140 Å². The number of fused-ring (bicyclic) bond motifs is 4. The molecule has 0 aliphatic carbocycles. The van der Waals surface area contributed by atoms with Gasteiger partial charge in [0.2, 0.25) is 0 Å². The zero-order chi connectivity index (χ0) is 42.5. The molecule has 5 nitrogen and oxygen atoms in total.